The van der Waals surface area contributed by atoms with Crippen molar-refractivity contribution in [2.24, 2.45) is 0 Å². The molecule has 3 rings (SSSR count). The highest BCUT2D eigenvalue weighted by atomic mass is 79.9. The number of anilines is 1. The molecule has 1 saturated heterocycles. The molecule has 0 radical (unpaired) electrons. The van der Waals surface area contributed by atoms with Gasteiger partial charge >= 0.3 is 0 Å². The normalized spacial score (nSPS) is 16.4. The van der Waals surface area contributed by atoms with Crippen molar-refractivity contribution in [1.82, 2.24) is 14.3 Å². The molecule has 0 bridgehead atoms. The number of piperazine rings is 1. The highest BCUT2D eigenvalue weighted by molar-refractivity contribution is 9.10. The quantitative estimate of drug-likeness (QED) is 0.622. The van der Waals surface area contributed by atoms with Gasteiger partial charge in [0.05, 0.1) is 11.6 Å². The zero-order chi connectivity index (χ0) is 19.4. The van der Waals surface area contributed by atoms with Crippen LogP contribution in [0, 0.1) is 0 Å². The van der Waals surface area contributed by atoms with Crippen LogP contribution < -0.4 is 4.90 Å². The van der Waals surface area contributed by atoms with Crippen LogP contribution in [0.25, 0.3) is 6.08 Å². The van der Waals surface area contributed by atoms with Crippen molar-refractivity contribution in [3.63, 3.8) is 0 Å². The SMILES string of the molecule is COC(=Cc1ccc(Cl)cc1)S(=O)(=O)N1CCN(c2ncc(Br)cn2)CC1. The molecule has 2 heterocycles. The number of nitrogens with zero attached hydrogens (tertiary/aromatic N) is 4. The van der Waals surface area contributed by atoms with E-state index in [4.69, 9.17) is 16.3 Å². The molecule has 1 aromatic carbocycles. The maximum Gasteiger partial charge on any atom is 0.276 e. The van der Waals surface area contributed by atoms with Crippen molar-refractivity contribution in [2.75, 3.05) is 38.2 Å². The van der Waals surface area contributed by atoms with Gasteiger partial charge < -0.3 is 9.64 Å². The first kappa shape index (κ1) is 20.1. The lowest BCUT2D eigenvalue weighted by Gasteiger charge is -2.34. The van der Waals surface area contributed by atoms with Crippen LogP contribution in [-0.4, -0.2) is 56.0 Å². The van der Waals surface area contributed by atoms with Gasteiger partial charge in [0.25, 0.3) is 10.0 Å². The van der Waals surface area contributed by atoms with E-state index in [0.29, 0.717) is 42.7 Å². The molecule has 144 valence electrons. The number of aromatic nitrogens is 2. The first-order valence-corrected chi connectivity index (χ1v) is 10.7. The summed E-state index contributed by atoms with van der Waals surface area (Å²) in [6, 6.07) is 6.87. The zero-order valence-corrected chi connectivity index (χ0v) is 17.7. The standard InChI is InChI=1S/C17H18BrClN4O3S/c1-26-16(10-13-2-4-15(19)5-3-13)27(24,25)23-8-6-22(7-9-23)17-20-11-14(18)12-21-17/h2-5,10-12H,6-9H2,1H3. The summed E-state index contributed by atoms with van der Waals surface area (Å²) >= 11 is 9.17. The third kappa shape index (κ3) is 4.78. The molecule has 10 heteroatoms. The number of ether oxygens (including phenoxy) is 1. The molecular formula is C17H18BrClN4O3S. The molecule has 1 aromatic heterocycles. The van der Waals surface area contributed by atoms with E-state index in [0.717, 1.165) is 4.47 Å². The maximum absolute atomic E-state index is 12.9. The first-order valence-electron chi connectivity index (χ1n) is 8.14. The highest BCUT2D eigenvalue weighted by Crippen LogP contribution is 2.21. The van der Waals surface area contributed by atoms with E-state index < -0.39 is 10.0 Å². The number of hydrogen-bond acceptors (Lipinski definition) is 6. The number of benzene rings is 1. The van der Waals surface area contributed by atoms with Crippen LogP contribution in [0.2, 0.25) is 5.02 Å². The second-order valence-corrected chi connectivity index (χ2v) is 9.03. The Kier molecular flexibility index (Phi) is 6.36. The summed E-state index contributed by atoms with van der Waals surface area (Å²) in [7, 11) is -2.38. The fourth-order valence-corrected chi connectivity index (χ4v) is 4.38. The van der Waals surface area contributed by atoms with Gasteiger partial charge in [-0.15, -0.1) is 0 Å². The summed E-state index contributed by atoms with van der Waals surface area (Å²) in [4.78, 5) is 10.5. The van der Waals surface area contributed by atoms with Gasteiger partial charge in [-0.25, -0.2) is 18.4 Å². The summed E-state index contributed by atoms with van der Waals surface area (Å²) in [5.74, 6) is 0.582. The number of methoxy groups -OCH3 is 1. The molecule has 0 atom stereocenters. The van der Waals surface area contributed by atoms with Gasteiger partial charge in [-0.2, -0.15) is 4.31 Å². The third-order valence-corrected chi connectivity index (χ3v) is 6.58. The topological polar surface area (TPSA) is 75.6 Å². The largest absolute Gasteiger partial charge is 0.485 e. The molecule has 2 aromatic rings. The number of sulfonamides is 1. The molecule has 0 unspecified atom stereocenters. The summed E-state index contributed by atoms with van der Waals surface area (Å²) in [6.45, 7) is 1.64. The number of hydrogen-bond donors (Lipinski definition) is 0. The molecule has 0 amide bonds. The van der Waals surface area contributed by atoms with E-state index in [1.807, 2.05) is 4.90 Å². The Morgan fingerprint density at radius 1 is 1.15 bits per heavy atom. The molecule has 1 aliphatic heterocycles. The van der Waals surface area contributed by atoms with Crippen LogP contribution in [0.1, 0.15) is 5.56 Å². The fourth-order valence-electron chi connectivity index (χ4n) is 2.66. The van der Waals surface area contributed by atoms with Crippen LogP contribution in [0.5, 0.6) is 0 Å². The molecular weight excluding hydrogens is 456 g/mol. The molecule has 1 aliphatic rings. The molecule has 0 N–H and O–H groups in total. The van der Waals surface area contributed by atoms with Gasteiger partial charge in [0.1, 0.15) is 0 Å². The van der Waals surface area contributed by atoms with E-state index in [2.05, 4.69) is 25.9 Å². The second kappa shape index (κ2) is 8.55. The average Bonchev–Trinajstić information content (AvgIpc) is 2.68. The lowest BCUT2D eigenvalue weighted by atomic mass is 10.2. The van der Waals surface area contributed by atoms with Crippen molar-refractivity contribution >= 4 is 49.6 Å². The van der Waals surface area contributed by atoms with Crippen LogP contribution >= 0.6 is 27.5 Å². The van der Waals surface area contributed by atoms with Gasteiger partial charge in [-0.05, 0) is 33.6 Å². The predicted molar refractivity (Wildman–Crippen MR) is 109 cm³/mol. The fraction of sp³-hybridized carbons (Fsp3) is 0.294. The smallest absolute Gasteiger partial charge is 0.276 e. The Balaban J connectivity index is 1.73. The number of rotatable bonds is 5. The second-order valence-electron chi connectivity index (χ2n) is 5.81. The minimum absolute atomic E-state index is 0.0989. The Morgan fingerprint density at radius 2 is 1.74 bits per heavy atom. The lowest BCUT2D eigenvalue weighted by molar-refractivity contribution is 0.304. The Labute approximate surface area is 171 Å². The summed E-state index contributed by atoms with van der Waals surface area (Å²) < 4.78 is 33.2. The van der Waals surface area contributed by atoms with Crippen molar-refractivity contribution < 1.29 is 13.2 Å². The third-order valence-electron chi connectivity index (χ3n) is 4.08. The van der Waals surface area contributed by atoms with E-state index in [9.17, 15) is 8.42 Å². The summed E-state index contributed by atoms with van der Waals surface area (Å²) in [5.41, 5.74) is 0.696. The van der Waals surface area contributed by atoms with Gasteiger partial charge in [-0.1, -0.05) is 23.7 Å². The van der Waals surface area contributed by atoms with Crippen molar-refractivity contribution in [3.8, 4) is 0 Å². The van der Waals surface area contributed by atoms with E-state index in [-0.39, 0.29) is 5.09 Å². The van der Waals surface area contributed by atoms with Gasteiger partial charge in [0, 0.05) is 49.7 Å². The molecule has 1 fully saturated rings. The minimum Gasteiger partial charge on any atom is -0.485 e. The Bertz CT molecular complexity index is 912. The van der Waals surface area contributed by atoms with E-state index in [1.165, 1.54) is 17.5 Å². The van der Waals surface area contributed by atoms with Crippen LogP contribution in [0.4, 0.5) is 5.95 Å². The van der Waals surface area contributed by atoms with Gasteiger partial charge in [-0.3, -0.25) is 0 Å². The van der Waals surface area contributed by atoms with Gasteiger partial charge in [0.15, 0.2) is 0 Å². The van der Waals surface area contributed by atoms with Crippen molar-refractivity contribution in [2.45, 2.75) is 0 Å². The van der Waals surface area contributed by atoms with E-state index >= 15 is 0 Å². The monoisotopic (exact) mass is 472 g/mol. The zero-order valence-electron chi connectivity index (χ0n) is 14.5. The van der Waals surface area contributed by atoms with E-state index in [1.54, 1.807) is 36.7 Å². The summed E-state index contributed by atoms with van der Waals surface area (Å²) in [5, 5.41) is 0.485. The van der Waals surface area contributed by atoms with Crippen LogP contribution in [0.3, 0.4) is 0 Å². The number of halogens is 2. The van der Waals surface area contributed by atoms with Crippen LogP contribution in [-0.2, 0) is 14.8 Å². The van der Waals surface area contributed by atoms with Gasteiger partial charge in [0.2, 0.25) is 11.0 Å². The van der Waals surface area contributed by atoms with Crippen molar-refractivity contribution in [3.05, 3.63) is 56.8 Å². The highest BCUT2D eigenvalue weighted by Gasteiger charge is 2.31. The lowest BCUT2D eigenvalue weighted by Crippen LogP contribution is -2.49. The summed E-state index contributed by atoms with van der Waals surface area (Å²) in [6.07, 6.45) is 4.84. The predicted octanol–water partition coefficient (Wildman–Crippen LogP) is 2.99. The maximum atomic E-state index is 12.9. The average molecular weight is 474 g/mol. The Hall–Kier alpha value is -1.68. The molecule has 7 nitrogen and oxygen atoms in total. The Morgan fingerprint density at radius 3 is 2.30 bits per heavy atom. The molecule has 27 heavy (non-hydrogen) atoms. The molecule has 0 aliphatic carbocycles. The van der Waals surface area contributed by atoms with Crippen molar-refractivity contribution in [1.29, 1.82) is 0 Å². The molecule has 0 spiro atoms. The minimum atomic E-state index is -3.73. The van der Waals surface area contributed by atoms with Crippen LogP contribution in [0.15, 0.2) is 46.2 Å². The first-order chi connectivity index (χ1) is 12.9. The molecule has 0 saturated carbocycles.